The number of nitrogens with zero attached hydrogens (tertiary/aromatic N) is 4. The molecule has 5 heterocycles. The topological polar surface area (TPSA) is 113 Å². The number of nitrogens with one attached hydrogen (secondary N) is 4. The molecule has 0 aromatic heterocycles. The summed E-state index contributed by atoms with van der Waals surface area (Å²) in [6.07, 6.45) is 2.46. The SMILES string of the molecule is CC1NC(N2CCN(C)CC2)CCC1C1CCNCC1NC(=O)C1C(N)=NN2CC(F)CNC12. The van der Waals surface area contributed by atoms with Gasteiger partial charge in [-0.25, -0.2) is 4.39 Å². The molecule has 0 saturated carbocycles. The molecule has 0 aromatic carbocycles. The average molecular weight is 480 g/mol. The van der Waals surface area contributed by atoms with Crippen LogP contribution in [0.15, 0.2) is 5.10 Å². The third kappa shape index (κ3) is 4.90. The van der Waals surface area contributed by atoms with Crippen LogP contribution in [-0.2, 0) is 4.79 Å². The van der Waals surface area contributed by atoms with Gasteiger partial charge in [0.25, 0.3) is 0 Å². The monoisotopic (exact) mass is 479 g/mol. The molecule has 34 heavy (non-hydrogen) atoms. The number of piperazine rings is 1. The van der Waals surface area contributed by atoms with Crippen LogP contribution in [-0.4, -0.2) is 117 Å². The molecule has 11 heteroatoms. The van der Waals surface area contributed by atoms with E-state index < -0.39 is 12.1 Å². The number of hydrogen-bond donors (Lipinski definition) is 5. The van der Waals surface area contributed by atoms with E-state index in [1.54, 1.807) is 5.01 Å². The summed E-state index contributed by atoms with van der Waals surface area (Å²) in [6, 6.07) is 0.450. The Morgan fingerprint density at radius 2 is 1.94 bits per heavy atom. The summed E-state index contributed by atoms with van der Waals surface area (Å²) in [5, 5.41) is 19.7. The van der Waals surface area contributed by atoms with Crippen LogP contribution in [0.25, 0.3) is 0 Å². The highest BCUT2D eigenvalue weighted by Crippen LogP contribution is 2.34. The number of amidine groups is 1. The third-order valence-electron chi connectivity index (χ3n) is 8.68. The summed E-state index contributed by atoms with van der Waals surface area (Å²) in [7, 11) is 2.19. The lowest BCUT2D eigenvalue weighted by atomic mass is 9.73. The van der Waals surface area contributed by atoms with Crippen LogP contribution < -0.4 is 27.0 Å². The molecule has 1 amide bonds. The number of alkyl halides is 1. The van der Waals surface area contributed by atoms with Crippen molar-refractivity contribution in [2.45, 2.75) is 56.8 Å². The van der Waals surface area contributed by atoms with Crippen molar-refractivity contribution in [1.29, 1.82) is 0 Å². The van der Waals surface area contributed by atoms with E-state index in [0.29, 0.717) is 24.0 Å². The first kappa shape index (κ1) is 24.2. The minimum Gasteiger partial charge on any atom is -0.385 e. The van der Waals surface area contributed by atoms with Gasteiger partial charge in [0, 0.05) is 51.4 Å². The fourth-order valence-electron chi connectivity index (χ4n) is 6.72. The van der Waals surface area contributed by atoms with Gasteiger partial charge < -0.3 is 21.3 Å². The van der Waals surface area contributed by atoms with Crippen LogP contribution >= 0.6 is 0 Å². The maximum atomic E-state index is 13.8. The number of piperidine rings is 2. The smallest absolute Gasteiger partial charge is 0.234 e. The van der Waals surface area contributed by atoms with Gasteiger partial charge in [-0.05, 0) is 51.6 Å². The normalized spacial score (nSPS) is 42.2. The molecule has 4 saturated heterocycles. The second-order valence-electron chi connectivity index (χ2n) is 10.9. The van der Waals surface area contributed by atoms with Gasteiger partial charge in [-0.1, -0.05) is 0 Å². The van der Waals surface area contributed by atoms with E-state index in [4.69, 9.17) is 5.73 Å². The number of amides is 1. The molecular formula is C23H42FN9O. The van der Waals surface area contributed by atoms with E-state index in [1.807, 2.05) is 0 Å². The molecule has 6 N–H and O–H groups in total. The highest BCUT2D eigenvalue weighted by atomic mass is 19.1. The summed E-state index contributed by atoms with van der Waals surface area (Å²) in [5.41, 5.74) is 6.14. The lowest BCUT2D eigenvalue weighted by Gasteiger charge is -2.48. The van der Waals surface area contributed by atoms with Gasteiger partial charge in [0.05, 0.1) is 12.7 Å². The van der Waals surface area contributed by atoms with Crippen molar-refractivity contribution in [3.05, 3.63) is 0 Å². The molecule has 0 aliphatic carbocycles. The molecule has 8 atom stereocenters. The van der Waals surface area contributed by atoms with Crippen LogP contribution in [0.5, 0.6) is 0 Å². The second kappa shape index (κ2) is 10.2. The fourth-order valence-corrected chi connectivity index (χ4v) is 6.72. The van der Waals surface area contributed by atoms with Crippen molar-refractivity contribution in [2.24, 2.45) is 28.6 Å². The van der Waals surface area contributed by atoms with E-state index in [2.05, 4.69) is 50.1 Å². The summed E-state index contributed by atoms with van der Waals surface area (Å²) in [5.74, 6) is 0.503. The predicted octanol–water partition coefficient (Wildman–Crippen LogP) is -1.49. The Balaban J connectivity index is 1.20. The Bertz CT molecular complexity index is 761. The van der Waals surface area contributed by atoms with Crippen molar-refractivity contribution >= 4 is 11.7 Å². The predicted molar refractivity (Wildman–Crippen MR) is 130 cm³/mol. The highest BCUT2D eigenvalue weighted by Gasteiger charge is 2.46. The molecule has 5 aliphatic heterocycles. The van der Waals surface area contributed by atoms with Gasteiger partial charge in [0.1, 0.15) is 24.1 Å². The van der Waals surface area contributed by atoms with Crippen LogP contribution in [0.4, 0.5) is 4.39 Å². The molecule has 0 aromatic rings. The van der Waals surface area contributed by atoms with Crippen LogP contribution in [0.3, 0.4) is 0 Å². The van der Waals surface area contributed by atoms with Gasteiger partial charge in [-0.15, -0.1) is 0 Å². The van der Waals surface area contributed by atoms with Crippen LogP contribution in [0.2, 0.25) is 0 Å². The third-order valence-corrected chi connectivity index (χ3v) is 8.68. The molecule has 4 fully saturated rings. The van der Waals surface area contributed by atoms with Gasteiger partial charge in [0.15, 0.2) is 0 Å². The first-order valence-electron chi connectivity index (χ1n) is 13.1. The fraction of sp³-hybridized carbons (Fsp3) is 0.913. The quantitative estimate of drug-likeness (QED) is 0.332. The number of hydrogen-bond acceptors (Lipinski definition) is 9. The number of hydrazone groups is 1. The number of likely N-dealkylation sites (N-methyl/N-ethyl adjacent to an activating group) is 1. The largest absolute Gasteiger partial charge is 0.385 e. The molecule has 5 aliphatic rings. The van der Waals surface area contributed by atoms with Crippen LogP contribution in [0, 0.1) is 17.8 Å². The number of fused-ring (bicyclic) bond motifs is 1. The zero-order chi connectivity index (χ0) is 23.8. The average Bonchev–Trinajstić information content (AvgIpc) is 3.15. The Morgan fingerprint density at radius 3 is 2.71 bits per heavy atom. The number of nitrogens with two attached hydrogens (primary N) is 1. The summed E-state index contributed by atoms with van der Waals surface area (Å²) in [4.78, 5) is 18.4. The van der Waals surface area contributed by atoms with E-state index in [9.17, 15) is 9.18 Å². The maximum absolute atomic E-state index is 13.8. The summed E-state index contributed by atoms with van der Waals surface area (Å²) >= 11 is 0. The molecule has 5 rings (SSSR count). The minimum atomic E-state index is -1.00. The van der Waals surface area contributed by atoms with E-state index >= 15 is 0 Å². The van der Waals surface area contributed by atoms with E-state index in [0.717, 1.165) is 52.1 Å². The number of halogens is 1. The lowest BCUT2D eigenvalue weighted by Crippen LogP contribution is -2.63. The van der Waals surface area contributed by atoms with Gasteiger partial charge in [-0.3, -0.25) is 25.3 Å². The second-order valence-corrected chi connectivity index (χ2v) is 10.9. The lowest BCUT2D eigenvalue weighted by molar-refractivity contribution is -0.126. The Hall–Kier alpha value is -1.53. The van der Waals surface area contributed by atoms with E-state index in [-0.39, 0.29) is 37.0 Å². The molecule has 0 bridgehead atoms. The first-order valence-corrected chi connectivity index (χ1v) is 13.1. The van der Waals surface area contributed by atoms with E-state index in [1.165, 1.54) is 6.42 Å². The molecule has 0 radical (unpaired) electrons. The molecular weight excluding hydrogens is 437 g/mol. The van der Waals surface area contributed by atoms with Crippen molar-refractivity contribution in [2.75, 3.05) is 59.4 Å². The molecule has 0 spiro atoms. The Labute approximate surface area is 202 Å². The Kier molecular flexibility index (Phi) is 7.27. The standard InChI is InChI=1S/C23H42FN9O/c1-14-16(3-4-19(28-14)32-9-7-31(2)8-10-32)17-5-6-26-12-18(17)29-23(34)20-21(25)30-33-13-15(24)11-27-22(20)33/h14-20,22,26-28H,3-13H2,1-2H3,(H2,25,30)(H,29,34). The van der Waals surface area contributed by atoms with Crippen molar-refractivity contribution in [1.82, 2.24) is 36.1 Å². The van der Waals surface area contributed by atoms with Crippen LogP contribution in [0.1, 0.15) is 26.2 Å². The van der Waals surface area contributed by atoms with Crippen molar-refractivity contribution in [3.63, 3.8) is 0 Å². The maximum Gasteiger partial charge on any atom is 0.234 e. The van der Waals surface area contributed by atoms with Crippen molar-refractivity contribution in [3.8, 4) is 0 Å². The van der Waals surface area contributed by atoms with Crippen molar-refractivity contribution < 1.29 is 9.18 Å². The molecule has 10 nitrogen and oxygen atoms in total. The summed E-state index contributed by atoms with van der Waals surface area (Å²) < 4.78 is 13.8. The first-order chi connectivity index (χ1) is 16.4. The number of carbonyl (C=O) groups excluding carboxylic acids is 1. The number of rotatable bonds is 4. The molecule has 192 valence electrons. The summed E-state index contributed by atoms with van der Waals surface area (Å²) in [6.45, 7) is 8.96. The minimum absolute atomic E-state index is 0.0510. The molecule has 8 unspecified atom stereocenters. The Morgan fingerprint density at radius 1 is 1.15 bits per heavy atom. The highest BCUT2D eigenvalue weighted by molar-refractivity contribution is 6.04. The van der Waals surface area contributed by atoms with Gasteiger partial charge in [-0.2, -0.15) is 5.10 Å². The zero-order valence-electron chi connectivity index (χ0n) is 20.5. The zero-order valence-corrected chi connectivity index (χ0v) is 20.5. The number of carbonyl (C=O) groups is 1. The van der Waals surface area contributed by atoms with Gasteiger partial charge in [0.2, 0.25) is 5.91 Å². The van der Waals surface area contributed by atoms with Gasteiger partial charge >= 0.3 is 0 Å².